The van der Waals surface area contributed by atoms with E-state index in [1.54, 1.807) is 6.33 Å². The molecule has 0 unspecified atom stereocenters. The minimum Gasteiger partial charge on any atom is -0.456 e. The Hall–Kier alpha value is -3.40. The van der Waals surface area contributed by atoms with Crippen LogP contribution in [-0.2, 0) is 0 Å². The van der Waals surface area contributed by atoms with Crippen molar-refractivity contribution in [3.63, 3.8) is 0 Å². The van der Waals surface area contributed by atoms with Crippen LogP contribution in [0.15, 0.2) is 57.6 Å². The Morgan fingerprint density at radius 3 is 2.33 bits per heavy atom. The summed E-state index contributed by atoms with van der Waals surface area (Å²) in [5.41, 5.74) is 5.25. The van der Waals surface area contributed by atoms with E-state index in [1.165, 1.54) is 10.8 Å². The van der Waals surface area contributed by atoms with E-state index in [0.29, 0.717) is 5.71 Å². The monoisotopic (exact) mass is 308 g/mol. The number of aromatic nitrogens is 2. The Balaban J connectivity index is 2.06. The number of furan rings is 2. The van der Waals surface area contributed by atoms with E-state index < -0.39 is 0 Å². The van der Waals surface area contributed by atoms with Gasteiger partial charge in [0.05, 0.1) is 11.1 Å². The van der Waals surface area contributed by atoms with Gasteiger partial charge in [-0.25, -0.2) is 9.97 Å². The van der Waals surface area contributed by atoms with E-state index in [0.717, 1.165) is 49.6 Å². The number of rotatable bonds is 0. The molecule has 0 bridgehead atoms. The molecule has 0 amide bonds. The zero-order valence-electron chi connectivity index (χ0n) is 12.3. The van der Waals surface area contributed by atoms with Gasteiger partial charge < -0.3 is 8.83 Å². The lowest BCUT2D eigenvalue weighted by Crippen LogP contribution is -1.86. The molecule has 0 aliphatic heterocycles. The van der Waals surface area contributed by atoms with Crippen LogP contribution in [0, 0.1) is 0 Å². The molecular weight excluding hydrogens is 300 g/mol. The Morgan fingerprint density at radius 2 is 1.42 bits per heavy atom. The highest BCUT2D eigenvalue weighted by Crippen LogP contribution is 2.48. The van der Waals surface area contributed by atoms with E-state index in [4.69, 9.17) is 8.83 Å². The third-order valence-corrected chi connectivity index (χ3v) is 5.13. The van der Waals surface area contributed by atoms with Gasteiger partial charge in [-0.15, -0.1) is 0 Å². The maximum absolute atomic E-state index is 6.12. The number of benzene rings is 3. The molecule has 0 atom stereocenters. The van der Waals surface area contributed by atoms with E-state index in [2.05, 4.69) is 28.2 Å². The van der Waals surface area contributed by atoms with Crippen LogP contribution in [0.1, 0.15) is 0 Å². The van der Waals surface area contributed by atoms with Gasteiger partial charge in [-0.1, -0.05) is 24.3 Å². The van der Waals surface area contributed by atoms with Crippen LogP contribution in [0.25, 0.3) is 66.0 Å². The van der Waals surface area contributed by atoms with Crippen molar-refractivity contribution in [2.24, 2.45) is 0 Å². The Morgan fingerprint density at radius 1 is 0.625 bits per heavy atom. The second-order valence-corrected chi connectivity index (χ2v) is 6.26. The van der Waals surface area contributed by atoms with Crippen LogP contribution >= 0.6 is 0 Å². The van der Waals surface area contributed by atoms with Crippen molar-refractivity contribution in [2.45, 2.75) is 0 Å². The molecule has 4 nitrogen and oxygen atoms in total. The predicted octanol–water partition coefficient (Wildman–Crippen LogP) is 5.41. The highest BCUT2D eigenvalue weighted by Gasteiger charge is 2.25. The first-order valence-corrected chi connectivity index (χ1v) is 7.85. The number of nitrogens with zero attached hydrogens (tertiary/aromatic N) is 2. The van der Waals surface area contributed by atoms with E-state index in [-0.39, 0.29) is 0 Å². The molecule has 0 fully saturated rings. The van der Waals surface area contributed by atoms with Crippen molar-refractivity contribution in [1.82, 2.24) is 9.97 Å². The zero-order valence-corrected chi connectivity index (χ0v) is 12.3. The number of fused-ring (bicyclic) bond motifs is 1. The molecular formula is C20H8N2O2. The van der Waals surface area contributed by atoms with Gasteiger partial charge in [-0.2, -0.15) is 0 Å². The molecule has 4 heteroatoms. The molecule has 0 N–H and O–H groups in total. The maximum Gasteiger partial charge on any atom is 0.231 e. The Bertz CT molecular complexity index is 1390. The largest absolute Gasteiger partial charge is 0.456 e. The molecule has 7 rings (SSSR count). The highest BCUT2D eigenvalue weighted by molar-refractivity contribution is 6.36. The molecule has 1 aliphatic carbocycles. The minimum atomic E-state index is 0.638. The second-order valence-electron chi connectivity index (χ2n) is 6.26. The van der Waals surface area contributed by atoms with Crippen LogP contribution in [0.4, 0.5) is 0 Å². The molecule has 6 aromatic rings. The fraction of sp³-hybridized carbons (Fsp3) is 0. The third kappa shape index (κ3) is 1.04. The normalized spacial score (nSPS) is 13.0. The van der Waals surface area contributed by atoms with Gasteiger partial charge in [0.2, 0.25) is 5.71 Å². The van der Waals surface area contributed by atoms with Crippen molar-refractivity contribution in [3.8, 4) is 11.3 Å². The molecule has 0 radical (unpaired) electrons. The lowest BCUT2D eigenvalue weighted by atomic mass is 10.0. The lowest BCUT2D eigenvalue weighted by molar-refractivity contribution is 0.653. The van der Waals surface area contributed by atoms with Crippen LogP contribution in [0.2, 0.25) is 0 Å². The summed E-state index contributed by atoms with van der Waals surface area (Å²) in [5.74, 6) is 0. The smallest absolute Gasteiger partial charge is 0.231 e. The first-order chi connectivity index (χ1) is 11.9. The topological polar surface area (TPSA) is 52.1 Å². The fourth-order valence-electron chi connectivity index (χ4n) is 4.22. The van der Waals surface area contributed by atoms with Crippen molar-refractivity contribution in [1.29, 1.82) is 0 Å². The highest BCUT2D eigenvalue weighted by atomic mass is 16.3. The standard InChI is InChI=1S/C20H8N2O2/c1-2-10-15-11(3-1)23-12-6-4-9-5-7-13-17(14(9)16(12)15)18-19(10)21-8-22-20(18)24-13/h1-8H. The van der Waals surface area contributed by atoms with Gasteiger partial charge in [0.15, 0.2) is 0 Å². The predicted molar refractivity (Wildman–Crippen MR) is 93.1 cm³/mol. The van der Waals surface area contributed by atoms with E-state index in [1.807, 2.05) is 24.3 Å². The van der Waals surface area contributed by atoms with E-state index >= 15 is 0 Å². The number of hydrogen-bond donors (Lipinski definition) is 0. The van der Waals surface area contributed by atoms with Crippen molar-refractivity contribution in [3.05, 3.63) is 48.8 Å². The molecule has 0 spiro atoms. The molecule has 0 saturated heterocycles. The molecule has 0 saturated carbocycles. The minimum absolute atomic E-state index is 0.638. The zero-order chi connectivity index (χ0) is 15.4. The Labute approximate surface area is 134 Å². The van der Waals surface area contributed by atoms with Crippen LogP contribution in [0.5, 0.6) is 0 Å². The molecule has 1 aliphatic rings. The average molecular weight is 308 g/mol. The molecule has 3 aromatic heterocycles. The van der Waals surface area contributed by atoms with Crippen LogP contribution in [-0.4, -0.2) is 9.97 Å². The van der Waals surface area contributed by atoms with Crippen LogP contribution in [0.3, 0.4) is 0 Å². The summed E-state index contributed by atoms with van der Waals surface area (Å²) in [7, 11) is 0. The van der Waals surface area contributed by atoms with Crippen molar-refractivity contribution >= 4 is 54.8 Å². The van der Waals surface area contributed by atoms with Gasteiger partial charge in [0, 0.05) is 27.1 Å². The average Bonchev–Trinajstić information content (AvgIpc) is 3.14. The van der Waals surface area contributed by atoms with Gasteiger partial charge in [-0.05, 0) is 23.6 Å². The van der Waals surface area contributed by atoms with Gasteiger partial charge in [0.1, 0.15) is 23.1 Å². The first kappa shape index (κ1) is 11.2. The van der Waals surface area contributed by atoms with Gasteiger partial charge in [0.25, 0.3) is 0 Å². The fourth-order valence-corrected chi connectivity index (χ4v) is 4.22. The molecule has 24 heavy (non-hydrogen) atoms. The van der Waals surface area contributed by atoms with E-state index in [9.17, 15) is 0 Å². The van der Waals surface area contributed by atoms with Crippen molar-refractivity contribution < 1.29 is 8.83 Å². The summed E-state index contributed by atoms with van der Waals surface area (Å²) in [5, 5.41) is 6.69. The lowest BCUT2D eigenvalue weighted by Gasteiger charge is -2.02. The summed E-state index contributed by atoms with van der Waals surface area (Å²) in [4.78, 5) is 8.96. The summed E-state index contributed by atoms with van der Waals surface area (Å²) in [6.45, 7) is 0. The quantitative estimate of drug-likeness (QED) is 0.376. The van der Waals surface area contributed by atoms with Crippen molar-refractivity contribution in [2.75, 3.05) is 0 Å². The third-order valence-electron chi connectivity index (χ3n) is 5.13. The SMILES string of the molecule is c1cc2c3c(c1)oc1ccc4ccc5oc6ncnc-2c6c5c4c13. The first-order valence-electron chi connectivity index (χ1n) is 7.85. The Kier molecular flexibility index (Phi) is 1.59. The van der Waals surface area contributed by atoms with Crippen LogP contribution < -0.4 is 0 Å². The molecule has 110 valence electrons. The summed E-state index contributed by atoms with van der Waals surface area (Å²) in [6, 6.07) is 14.4. The van der Waals surface area contributed by atoms with Gasteiger partial charge >= 0.3 is 0 Å². The second kappa shape index (κ2) is 3.41. The van der Waals surface area contributed by atoms with Gasteiger partial charge in [-0.3, -0.25) is 0 Å². The number of hydrogen-bond acceptors (Lipinski definition) is 4. The molecule has 3 aromatic carbocycles. The maximum atomic E-state index is 6.12. The molecule has 3 heterocycles. The summed E-state index contributed by atoms with van der Waals surface area (Å²) >= 11 is 0. The summed E-state index contributed by atoms with van der Waals surface area (Å²) < 4.78 is 12.1. The summed E-state index contributed by atoms with van der Waals surface area (Å²) in [6.07, 6.45) is 1.57.